The van der Waals surface area contributed by atoms with Crippen LogP contribution in [0.1, 0.15) is 17.0 Å². The van der Waals surface area contributed by atoms with Crippen LogP contribution < -0.4 is 4.74 Å². The number of nitrogens with zero attached hydrogens (tertiary/aromatic N) is 3. The zero-order chi connectivity index (χ0) is 14.9. The number of nitro groups is 1. The molecule has 0 aliphatic carbocycles. The van der Waals surface area contributed by atoms with Gasteiger partial charge in [-0.3, -0.25) is 14.8 Å². The molecule has 0 N–H and O–H groups in total. The lowest BCUT2D eigenvalue weighted by atomic mass is 10.2. The summed E-state index contributed by atoms with van der Waals surface area (Å²) in [6.07, 6.45) is 0. The average Bonchev–Trinajstić information content (AvgIpc) is 2.62. The number of nitro benzene ring substituents is 1. The van der Waals surface area contributed by atoms with E-state index >= 15 is 0 Å². The molecule has 2 rings (SSSR count). The van der Waals surface area contributed by atoms with Gasteiger partial charge in [0.05, 0.1) is 20.8 Å². The molecule has 7 heteroatoms. The molecule has 0 saturated carbocycles. The molecule has 106 valence electrons. The summed E-state index contributed by atoms with van der Waals surface area (Å²) < 4.78 is 8.39. The van der Waals surface area contributed by atoms with Crippen molar-refractivity contribution in [2.45, 2.75) is 20.5 Å². The lowest BCUT2D eigenvalue weighted by Gasteiger charge is -2.09. The van der Waals surface area contributed by atoms with Crippen LogP contribution in [0.2, 0.25) is 0 Å². The average molecular weight is 340 g/mol. The van der Waals surface area contributed by atoms with Gasteiger partial charge in [0, 0.05) is 19.2 Å². The SMILES string of the molecule is Cc1cc([N+](=O)[O-])ccc1OCc1c(Br)c(C)nn1C. The van der Waals surface area contributed by atoms with Crippen LogP contribution in [0.25, 0.3) is 0 Å². The molecule has 0 radical (unpaired) electrons. The summed E-state index contributed by atoms with van der Waals surface area (Å²) in [5, 5.41) is 15.0. The van der Waals surface area contributed by atoms with Crippen LogP contribution in [-0.4, -0.2) is 14.7 Å². The zero-order valence-electron chi connectivity index (χ0n) is 11.4. The van der Waals surface area contributed by atoms with Crippen LogP contribution in [0.3, 0.4) is 0 Å². The van der Waals surface area contributed by atoms with Gasteiger partial charge in [-0.15, -0.1) is 0 Å². The first-order valence-corrected chi connectivity index (χ1v) is 6.75. The van der Waals surface area contributed by atoms with E-state index in [2.05, 4.69) is 21.0 Å². The molecule has 0 amide bonds. The number of aromatic nitrogens is 2. The summed E-state index contributed by atoms with van der Waals surface area (Å²) in [5.41, 5.74) is 2.60. The van der Waals surface area contributed by atoms with Gasteiger partial charge in [0.25, 0.3) is 5.69 Å². The summed E-state index contributed by atoms with van der Waals surface area (Å²) in [7, 11) is 1.85. The number of benzene rings is 1. The molecule has 0 saturated heterocycles. The van der Waals surface area contributed by atoms with Crippen molar-refractivity contribution in [2.75, 3.05) is 0 Å². The van der Waals surface area contributed by atoms with E-state index in [-0.39, 0.29) is 5.69 Å². The summed E-state index contributed by atoms with van der Waals surface area (Å²) in [5.74, 6) is 0.626. The van der Waals surface area contributed by atoms with Gasteiger partial charge in [-0.05, 0) is 41.4 Å². The monoisotopic (exact) mass is 339 g/mol. The molecule has 0 bridgehead atoms. The van der Waals surface area contributed by atoms with E-state index in [0.717, 1.165) is 21.4 Å². The lowest BCUT2D eigenvalue weighted by Crippen LogP contribution is -2.04. The van der Waals surface area contributed by atoms with Gasteiger partial charge in [-0.2, -0.15) is 5.10 Å². The van der Waals surface area contributed by atoms with Crippen LogP contribution >= 0.6 is 15.9 Å². The molecule has 1 heterocycles. The minimum absolute atomic E-state index is 0.0624. The fourth-order valence-electron chi connectivity index (χ4n) is 1.89. The van der Waals surface area contributed by atoms with E-state index in [1.54, 1.807) is 17.7 Å². The second-order valence-electron chi connectivity index (χ2n) is 4.47. The smallest absolute Gasteiger partial charge is 0.269 e. The summed E-state index contributed by atoms with van der Waals surface area (Å²) >= 11 is 3.47. The maximum absolute atomic E-state index is 10.7. The van der Waals surface area contributed by atoms with Crippen LogP contribution in [-0.2, 0) is 13.7 Å². The normalized spacial score (nSPS) is 10.6. The van der Waals surface area contributed by atoms with E-state index < -0.39 is 4.92 Å². The number of ether oxygens (including phenoxy) is 1. The van der Waals surface area contributed by atoms with E-state index in [1.807, 2.05) is 14.0 Å². The van der Waals surface area contributed by atoms with E-state index in [9.17, 15) is 10.1 Å². The standard InChI is InChI=1S/C13H14BrN3O3/c1-8-6-10(17(18)19)4-5-12(8)20-7-11-13(14)9(2)15-16(11)3/h4-6H,7H2,1-3H3. The number of non-ortho nitro benzene ring substituents is 1. The Morgan fingerprint density at radius 2 is 2.15 bits per heavy atom. The molecule has 6 nitrogen and oxygen atoms in total. The van der Waals surface area contributed by atoms with Crippen molar-refractivity contribution < 1.29 is 9.66 Å². The Hall–Kier alpha value is -1.89. The maximum Gasteiger partial charge on any atom is 0.269 e. The summed E-state index contributed by atoms with van der Waals surface area (Å²) in [6.45, 7) is 4.03. The van der Waals surface area contributed by atoms with Crippen molar-refractivity contribution in [3.8, 4) is 5.75 Å². The quantitative estimate of drug-likeness (QED) is 0.633. The molecule has 0 aliphatic rings. The molecule has 0 aliphatic heterocycles. The lowest BCUT2D eigenvalue weighted by molar-refractivity contribution is -0.384. The van der Waals surface area contributed by atoms with Crippen molar-refractivity contribution in [1.29, 1.82) is 0 Å². The molecule has 1 aromatic heterocycles. The molecule has 1 aromatic carbocycles. The molecular weight excluding hydrogens is 326 g/mol. The molecular formula is C13H14BrN3O3. The van der Waals surface area contributed by atoms with Gasteiger partial charge in [0.1, 0.15) is 12.4 Å². The van der Waals surface area contributed by atoms with Gasteiger partial charge in [-0.1, -0.05) is 0 Å². The second kappa shape index (κ2) is 5.62. The number of halogens is 1. The van der Waals surface area contributed by atoms with Crippen LogP contribution in [0, 0.1) is 24.0 Å². The Bertz CT molecular complexity index is 667. The number of hydrogen-bond donors (Lipinski definition) is 0. The van der Waals surface area contributed by atoms with Crippen molar-refractivity contribution >= 4 is 21.6 Å². The van der Waals surface area contributed by atoms with E-state index in [4.69, 9.17) is 4.74 Å². The third-order valence-electron chi connectivity index (χ3n) is 3.00. The second-order valence-corrected chi connectivity index (χ2v) is 5.26. The fraction of sp³-hybridized carbons (Fsp3) is 0.308. The highest BCUT2D eigenvalue weighted by molar-refractivity contribution is 9.10. The van der Waals surface area contributed by atoms with Crippen molar-refractivity contribution in [3.63, 3.8) is 0 Å². The highest BCUT2D eigenvalue weighted by Gasteiger charge is 2.13. The Morgan fingerprint density at radius 1 is 1.45 bits per heavy atom. The first kappa shape index (κ1) is 14.5. The first-order chi connectivity index (χ1) is 9.40. The Balaban J connectivity index is 2.17. The topological polar surface area (TPSA) is 70.2 Å². The number of aryl methyl sites for hydroxylation is 3. The third kappa shape index (κ3) is 2.82. The van der Waals surface area contributed by atoms with Gasteiger partial charge >= 0.3 is 0 Å². The van der Waals surface area contributed by atoms with E-state index in [1.165, 1.54) is 12.1 Å². The molecule has 0 atom stereocenters. The molecule has 0 unspecified atom stereocenters. The highest BCUT2D eigenvalue weighted by Crippen LogP contribution is 2.26. The molecule has 0 fully saturated rings. The largest absolute Gasteiger partial charge is 0.487 e. The number of rotatable bonds is 4. The Labute approximate surface area is 124 Å². The van der Waals surface area contributed by atoms with Crippen LogP contribution in [0.15, 0.2) is 22.7 Å². The van der Waals surface area contributed by atoms with Gasteiger partial charge in [-0.25, -0.2) is 0 Å². The van der Waals surface area contributed by atoms with Gasteiger partial charge < -0.3 is 4.74 Å². The van der Waals surface area contributed by atoms with Crippen molar-refractivity contribution in [3.05, 3.63) is 49.7 Å². The number of hydrogen-bond acceptors (Lipinski definition) is 4. The predicted octanol–water partition coefficient (Wildman–Crippen LogP) is 3.29. The minimum Gasteiger partial charge on any atom is -0.487 e. The van der Waals surface area contributed by atoms with Gasteiger partial charge in [0.15, 0.2) is 0 Å². The zero-order valence-corrected chi connectivity index (χ0v) is 13.0. The Kier molecular flexibility index (Phi) is 4.08. The fourth-order valence-corrected chi connectivity index (χ4v) is 2.34. The third-order valence-corrected chi connectivity index (χ3v) is 4.03. The first-order valence-electron chi connectivity index (χ1n) is 5.96. The van der Waals surface area contributed by atoms with Crippen molar-refractivity contribution in [1.82, 2.24) is 9.78 Å². The van der Waals surface area contributed by atoms with Crippen LogP contribution in [0.4, 0.5) is 5.69 Å². The van der Waals surface area contributed by atoms with Crippen molar-refractivity contribution in [2.24, 2.45) is 7.05 Å². The van der Waals surface area contributed by atoms with Gasteiger partial charge in [0.2, 0.25) is 0 Å². The molecule has 0 spiro atoms. The highest BCUT2D eigenvalue weighted by atomic mass is 79.9. The summed E-state index contributed by atoms with van der Waals surface area (Å²) in [4.78, 5) is 10.3. The summed E-state index contributed by atoms with van der Waals surface area (Å²) in [6, 6.07) is 4.55. The molecule has 2 aromatic rings. The van der Waals surface area contributed by atoms with Crippen LogP contribution in [0.5, 0.6) is 5.75 Å². The molecule has 20 heavy (non-hydrogen) atoms. The minimum atomic E-state index is -0.419. The maximum atomic E-state index is 10.7. The predicted molar refractivity (Wildman–Crippen MR) is 77.8 cm³/mol. The Morgan fingerprint density at radius 3 is 2.65 bits per heavy atom. The van der Waals surface area contributed by atoms with E-state index in [0.29, 0.717) is 12.4 Å².